The number of nitrogens with zero attached hydrogens (tertiary/aromatic N) is 9. The van der Waals surface area contributed by atoms with Crippen LogP contribution in [-0.4, -0.2) is 105 Å². The number of fused-ring (bicyclic) bond motifs is 1. The van der Waals surface area contributed by atoms with E-state index in [0.717, 1.165) is 88.3 Å². The molecule has 2 fully saturated rings. The second kappa shape index (κ2) is 10.6. The first-order valence-electron chi connectivity index (χ1n) is 13.2. The molecule has 37 heavy (non-hydrogen) atoms. The lowest BCUT2D eigenvalue weighted by Crippen LogP contribution is -2.44. The van der Waals surface area contributed by atoms with E-state index >= 15 is 0 Å². The highest BCUT2D eigenvalue weighted by atomic mass is 16.5. The van der Waals surface area contributed by atoms with Gasteiger partial charge in [-0.1, -0.05) is 12.1 Å². The van der Waals surface area contributed by atoms with Crippen molar-refractivity contribution in [3.05, 3.63) is 59.9 Å². The highest BCUT2D eigenvalue weighted by Crippen LogP contribution is 2.24. The third kappa shape index (κ3) is 5.36. The lowest BCUT2D eigenvalue weighted by molar-refractivity contribution is 0.0360. The Balaban J connectivity index is 1.16. The number of aromatic nitrogens is 6. The maximum Gasteiger partial charge on any atom is 0.174 e. The van der Waals surface area contributed by atoms with Crippen LogP contribution < -0.4 is 4.90 Å². The van der Waals surface area contributed by atoms with Crippen molar-refractivity contribution in [3.8, 4) is 11.3 Å². The summed E-state index contributed by atoms with van der Waals surface area (Å²) in [7, 11) is 2.19. The molecule has 0 saturated carbocycles. The van der Waals surface area contributed by atoms with Gasteiger partial charge in [-0.05, 0) is 31.2 Å². The quantitative estimate of drug-likeness (QED) is 0.380. The third-order valence-electron chi connectivity index (χ3n) is 7.44. The zero-order chi connectivity index (χ0) is 25.2. The van der Waals surface area contributed by atoms with Gasteiger partial charge in [-0.15, -0.1) is 0 Å². The summed E-state index contributed by atoms with van der Waals surface area (Å²) in [5.74, 6) is 0.792. The molecule has 6 rings (SSSR count). The van der Waals surface area contributed by atoms with Crippen LogP contribution in [0.1, 0.15) is 17.0 Å². The van der Waals surface area contributed by atoms with E-state index in [-0.39, 0.29) is 0 Å². The van der Waals surface area contributed by atoms with Gasteiger partial charge < -0.3 is 14.5 Å². The number of aryl methyl sites for hydroxylation is 1. The Morgan fingerprint density at radius 1 is 0.946 bits per heavy atom. The molecule has 1 aromatic carbocycles. The molecular formula is C27H35N9O. The molecule has 0 atom stereocenters. The molecule has 0 N–H and O–H groups in total. The summed E-state index contributed by atoms with van der Waals surface area (Å²) in [5.41, 5.74) is 6.49. The van der Waals surface area contributed by atoms with Crippen molar-refractivity contribution >= 4 is 11.3 Å². The zero-order valence-electron chi connectivity index (χ0n) is 21.8. The van der Waals surface area contributed by atoms with Crippen LogP contribution in [0.4, 0.5) is 5.69 Å². The van der Waals surface area contributed by atoms with E-state index in [1.807, 2.05) is 21.6 Å². The van der Waals surface area contributed by atoms with Crippen LogP contribution in [0.3, 0.4) is 0 Å². The minimum atomic E-state index is 0.684. The van der Waals surface area contributed by atoms with Crippen molar-refractivity contribution in [1.29, 1.82) is 0 Å². The molecule has 3 aromatic heterocycles. The van der Waals surface area contributed by atoms with E-state index in [2.05, 4.69) is 63.1 Å². The Morgan fingerprint density at radius 3 is 2.59 bits per heavy atom. The number of rotatable bonds is 7. The van der Waals surface area contributed by atoms with Gasteiger partial charge in [-0.2, -0.15) is 10.2 Å². The lowest BCUT2D eigenvalue weighted by Gasteiger charge is -2.35. The van der Waals surface area contributed by atoms with Gasteiger partial charge >= 0.3 is 0 Å². The van der Waals surface area contributed by atoms with Gasteiger partial charge in [0.2, 0.25) is 0 Å². The summed E-state index contributed by atoms with van der Waals surface area (Å²) in [6.45, 7) is 12.0. The summed E-state index contributed by atoms with van der Waals surface area (Å²) in [5, 5.41) is 9.44. The SMILES string of the molecule is Cc1cc(Cc2nc3cncc(-c4cnn(CCN5CCOCC5)c4)n3n2)ccc1N1CCN(C)CC1. The fraction of sp³-hybridized carbons (Fsp3) is 0.481. The van der Waals surface area contributed by atoms with Gasteiger partial charge in [0, 0.05) is 69.7 Å². The van der Waals surface area contributed by atoms with E-state index in [0.29, 0.717) is 6.42 Å². The predicted molar refractivity (Wildman–Crippen MR) is 143 cm³/mol. The molecule has 10 nitrogen and oxygen atoms in total. The molecule has 5 heterocycles. The van der Waals surface area contributed by atoms with Crippen molar-refractivity contribution < 1.29 is 4.74 Å². The number of benzene rings is 1. The Morgan fingerprint density at radius 2 is 1.78 bits per heavy atom. The first-order chi connectivity index (χ1) is 18.1. The van der Waals surface area contributed by atoms with Crippen LogP contribution in [0.15, 0.2) is 43.0 Å². The van der Waals surface area contributed by atoms with E-state index in [1.165, 1.54) is 16.8 Å². The molecule has 2 aliphatic rings. The number of hydrogen-bond acceptors (Lipinski definition) is 8. The van der Waals surface area contributed by atoms with E-state index in [9.17, 15) is 0 Å². The van der Waals surface area contributed by atoms with Crippen LogP contribution in [-0.2, 0) is 17.7 Å². The molecule has 0 aliphatic carbocycles. The van der Waals surface area contributed by atoms with Crippen molar-refractivity contribution in [2.24, 2.45) is 0 Å². The lowest BCUT2D eigenvalue weighted by atomic mass is 10.1. The van der Waals surface area contributed by atoms with Crippen LogP contribution in [0, 0.1) is 6.92 Å². The molecule has 0 bridgehead atoms. The Hall–Kier alpha value is -3.34. The molecule has 4 aromatic rings. The first kappa shape index (κ1) is 24.0. The first-order valence-corrected chi connectivity index (χ1v) is 13.2. The van der Waals surface area contributed by atoms with Gasteiger partial charge in [0.1, 0.15) is 0 Å². The van der Waals surface area contributed by atoms with Crippen LogP contribution in [0.2, 0.25) is 0 Å². The third-order valence-corrected chi connectivity index (χ3v) is 7.44. The second-order valence-corrected chi connectivity index (χ2v) is 10.1. The second-order valence-electron chi connectivity index (χ2n) is 10.1. The van der Waals surface area contributed by atoms with Gasteiger partial charge in [0.15, 0.2) is 11.5 Å². The molecule has 194 valence electrons. The smallest absolute Gasteiger partial charge is 0.174 e. The summed E-state index contributed by atoms with van der Waals surface area (Å²) in [6, 6.07) is 6.74. The van der Waals surface area contributed by atoms with Crippen molar-refractivity contribution in [3.63, 3.8) is 0 Å². The molecule has 0 radical (unpaired) electrons. The average molecular weight is 502 g/mol. The number of morpholine rings is 1. The van der Waals surface area contributed by atoms with Gasteiger partial charge in [0.25, 0.3) is 0 Å². The van der Waals surface area contributed by atoms with Crippen LogP contribution in [0.5, 0.6) is 0 Å². The van der Waals surface area contributed by atoms with Crippen LogP contribution >= 0.6 is 0 Å². The van der Waals surface area contributed by atoms with Crippen molar-refractivity contribution in [2.45, 2.75) is 19.9 Å². The standard InChI is InChI=1S/C27H35N9O/c1-21-15-22(3-4-24(21)34-8-5-32(2)6-9-34)16-26-30-27-19-28-18-25(36(27)31-26)23-17-29-35(20-23)10-7-33-11-13-37-14-12-33/h3-4,15,17-20H,5-14,16H2,1-2H3. The normalized spacial score (nSPS) is 17.6. The van der Waals surface area contributed by atoms with E-state index in [4.69, 9.17) is 14.8 Å². The zero-order valence-corrected chi connectivity index (χ0v) is 21.8. The number of piperazine rings is 1. The molecule has 0 amide bonds. The Labute approximate surface area is 217 Å². The number of ether oxygens (including phenoxy) is 1. The maximum atomic E-state index is 5.44. The maximum absolute atomic E-state index is 5.44. The highest BCUT2D eigenvalue weighted by molar-refractivity contribution is 5.60. The Bertz CT molecular complexity index is 1350. The molecule has 2 saturated heterocycles. The van der Waals surface area contributed by atoms with Gasteiger partial charge in [-0.25, -0.2) is 9.50 Å². The van der Waals surface area contributed by atoms with Crippen molar-refractivity contribution in [1.82, 2.24) is 39.2 Å². The molecular weight excluding hydrogens is 466 g/mol. The van der Waals surface area contributed by atoms with Crippen molar-refractivity contribution in [2.75, 3.05) is 71.0 Å². The minimum absolute atomic E-state index is 0.684. The summed E-state index contributed by atoms with van der Waals surface area (Å²) >= 11 is 0. The monoisotopic (exact) mass is 501 g/mol. The Kier molecular flexibility index (Phi) is 6.86. The minimum Gasteiger partial charge on any atom is -0.379 e. The van der Waals surface area contributed by atoms with Gasteiger partial charge in [0.05, 0.1) is 44.0 Å². The van der Waals surface area contributed by atoms with E-state index in [1.54, 1.807) is 6.20 Å². The number of hydrogen-bond donors (Lipinski definition) is 0. The summed E-state index contributed by atoms with van der Waals surface area (Å²) in [6.07, 6.45) is 8.24. The predicted octanol–water partition coefficient (Wildman–Crippen LogP) is 1.97. The van der Waals surface area contributed by atoms with Crippen LogP contribution in [0.25, 0.3) is 16.9 Å². The number of likely N-dealkylation sites (N-methyl/N-ethyl adjacent to an activating group) is 1. The molecule has 2 aliphatic heterocycles. The fourth-order valence-electron chi connectivity index (χ4n) is 5.23. The van der Waals surface area contributed by atoms with E-state index < -0.39 is 0 Å². The average Bonchev–Trinajstić information content (AvgIpc) is 3.55. The highest BCUT2D eigenvalue weighted by Gasteiger charge is 2.17. The molecule has 10 heteroatoms. The fourth-order valence-corrected chi connectivity index (χ4v) is 5.23. The summed E-state index contributed by atoms with van der Waals surface area (Å²) < 4.78 is 9.32. The molecule has 0 spiro atoms. The largest absolute Gasteiger partial charge is 0.379 e. The number of anilines is 1. The molecule has 0 unspecified atom stereocenters. The summed E-state index contributed by atoms with van der Waals surface area (Å²) in [4.78, 5) is 16.5. The van der Waals surface area contributed by atoms with Gasteiger partial charge in [-0.3, -0.25) is 14.6 Å². The topological polar surface area (TPSA) is 79.8 Å².